The maximum Gasteiger partial charge on any atom is 0.387 e. The lowest BCUT2D eigenvalue weighted by atomic mass is 10.1. The largest absolute Gasteiger partial charge is 0.435 e. The summed E-state index contributed by atoms with van der Waals surface area (Å²) in [5.74, 6) is -1.87. The zero-order chi connectivity index (χ0) is 16.3. The highest BCUT2D eigenvalue weighted by Crippen LogP contribution is 2.21. The van der Waals surface area contributed by atoms with Crippen LogP contribution in [0.1, 0.15) is 16.8 Å². The molecule has 120 valence electrons. The van der Waals surface area contributed by atoms with Crippen LogP contribution in [-0.4, -0.2) is 54.9 Å². The van der Waals surface area contributed by atoms with Crippen LogP contribution in [-0.2, 0) is 4.79 Å². The highest BCUT2D eigenvalue weighted by molar-refractivity contribution is 5.95. The summed E-state index contributed by atoms with van der Waals surface area (Å²) in [6.45, 7) is -2.32. The van der Waals surface area contributed by atoms with Crippen LogP contribution >= 0.6 is 0 Å². The first-order valence-corrected chi connectivity index (χ1v) is 6.66. The topological polar surface area (TPSA) is 49.9 Å². The fourth-order valence-corrected chi connectivity index (χ4v) is 2.15. The number of benzene rings is 1. The van der Waals surface area contributed by atoms with Gasteiger partial charge in [0, 0.05) is 33.1 Å². The Morgan fingerprint density at radius 1 is 1.27 bits per heavy atom. The first kappa shape index (κ1) is 16.1. The summed E-state index contributed by atoms with van der Waals surface area (Å²) in [5.41, 5.74) is -0.352. The lowest BCUT2D eigenvalue weighted by molar-refractivity contribution is -0.129. The van der Waals surface area contributed by atoms with E-state index in [-0.39, 0.29) is 36.7 Å². The second kappa shape index (κ2) is 6.67. The van der Waals surface area contributed by atoms with Crippen molar-refractivity contribution in [3.05, 3.63) is 29.6 Å². The van der Waals surface area contributed by atoms with Crippen LogP contribution < -0.4 is 4.74 Å². The summed E-state index contributed by atoms with van der Waals surface area (Å²) in [6, 6.07) is 2.87. The summed E-state index contributed by atoms with van der Waals surface area (Å²) in [7, 11) is 1.62. The number of carbonyl (C=O) groups excluding carboxylic acids is 2. The summed E-state index contributed by atoms with van der Waals surface area (Å²) in [6.07, 6.45) is 0.136. The standard InChI is InChI=1S/C14H15F3N2O3/c1-18-6-7-19(5-4-12(18)20)13(21)10-8-9(22-14(16)17)2-3-11(10)15/h2-3,8,14H,4-7H2,1H3. The van der Waals surface area contributed by atoms with Gasteiger partial charge in [0.1, 0.15) is 11.6 Å². The van der Waals surface area contributed by atoms with Gasteiger partial charge in [-0.2, -0.15) is 8.78 Å². The molecular weight excluding hydrogens is 301 g/mol. The van der Waals surface area contributed by atoms with E-state index in [2.05, 4.69) is 4.74 Å². The number of ether oxygens (including phenoxy) is 1. The number of alkyl halides is 2. The number of rotatable bonds is 3. The Balaban J connectivity index is 2.19. The number of hydrogen-bond acceptors (Lipinski definition) is 3. The highest BCUT2D eigenvalue weighted by atomic mass is 19.3. The smallest absolute Gasteiger partial charge is 0.387 e. The molecule has 1 fully saturated rings. The zero-order valence-corrected chi connectivity index (χ0v) is 11.9. The second-order valence-corrected chi connectivity index (χ2v) is 4.88. The van der Waals surface area contributed by atoms with Crippen molar-refractivity contribution in [3.63, 3.8) is 0 Å². The van der Waals surface area contributed by atoms with Gasteiger partial charge in [-0.1, -0.05) is 0 Å². The molecule has 0 atom stereocenters. The fourth-order valence-electron chi connectivity index (χ4n) is 2.15. The van der Waals surface area contributed by atoms with Crippen LogP contribution in [0.4, 0.5) is 13.2 Å². The van der Waals surface area contributed by atoms with Gasteiger partial charge in [-0.05, 0) is 18.2 Å². The summed E-state index contributed by atoms with van der Waals surface area (Å²) < 4.78 is 42.4. The minimum Gasteiger partial charge on any atom is -0.435 e. The molecule has 0 aliphatic carbocycles. The van der Waals surface area contributed by atoms with Crippen LogP contribution in [0.15, 0.2) is 18.2 Å². The number of likely N-dealkylation sites (N-methyl/N-ethyl adjacent to an activating group) is 1. The number of carbonyl (C=O) groups is 2. The number of hydrogen-bond donors (Lipinski definition) is 0. The Kier molecular flexibility index (Phi) is 4.89. The van der Waals surface area contributed by atoms with Gasteiger partial charge < -0.3 is 14.5 Å². The third-order valence-electron chi connectivity index (χ3n) is 3.41. The summed E-state index contributed by atoms with van der Waals surface area (Å²) in [5, 5.41) is 0. The van der Waals surface area contributed by atoms with Gasteiger partial charge in [0.2, 0.25) is 5.91 Å². The predicted molar refractivity (Wildman–Crippen MR) is 71.2 cm³/mol. The highest BCUT2D eigenvalue weighted by Gasteiger charge is 2.25. The van der Waals surface area contributed by atoms with E-state index in [0.717, 1.165) is 18.2 Å². The van der Waals surface area contributed by atoms with E-state index in [4.69, 9.17) is 0 Å². The van der Waals surface area contributed by atoms with E-state index >= 15 is 0 Å². The van der Waals surface area contributed by atoms with Crippen molar-refractivity contribution in [3.8, 4) is 5.75 Å². The minimum atomic E-state index is -3.06. The Labute approximate surface area is 125 Å². The molecule has 1 aliphatic rings. The molecule has 5 nitrogen and oxygen atoms in total. The van der Waals surface area contributed by atoms with Crippen molar-refractivity contribution < 1.29 is 27.5 Å². The monoisotopic (exact) mass is 316 g/mol. The lowest BCUT2D eigenvalue weighted by Gasteiger charge is -2.21. The van der Waals surface area contributed by atoms with Crippen molar-refractivity contribution in [2.75, 3.05) is 26.7 Å². The van der Waals surface area contributed by atoms with Gasteiger partial charge in [0.05, 0.1) is 5.56 Å². The van der Waals surface area contributed by atoms with Crippen molar-refractivity contribution >= 4 is 11.8 Å². The molecule has 0 unspecified atom stereocenters. The second-order valence-electron chi connectivity index (χ2n) is 4.88. The Hall–Kier alpha value is -2.25. The number of amides is 2. The van der Waals surface area contributed by atoms with Crippen LogP contribution in [0.25, 0.3) is 0 Å². The normalized spacial score (nSPS) is 16.0. The molecule has 0 bridgehead atoms. The van der Waals surface area contributed by atoms with E-state index in [0.29, 0.717) is 6.54 Å². The van der Waals surface area contributed by atoms with Crippen LogP contribution in [0.3, 0.4) is 0 Å². The maximum absolute atomic E-state index is 13.8. The Bertz CT molecular complexity index is 580. The number of nitrogens with zero attached hydrogens (tertiary/aromatic N) is 2. The SMILES string of the molecule is CN1CCN(C(=O)c2cc(OC(F)F)ccc2F)CCC1=O. The molecule has 0 radical (unpaired) electrons. The van der Waals surface area contributed by atoms with E-state index in [1.165, 1.54) is 9.80 Å². The molecular formula is C14H15F3N2O3. The zero-order valence-electron chi connectivity index (χ0n) is 11.9. The predicted octanol–water partition coefficient (Wildman–Crippen LogP) is 1.73. The molecule has 1 aromatic rings. The van der Waals surface area contributed by atoms with Gasteiger partial charge in [-0.15, -0.1) is 0 Å². The van der Waals surface area contributed by atoms with E-state index in [1.807, 2.05) is 0 Å². The molecule has 2 rings (SSSR count). The molecule has 0 N–H and O–H groups in total. The third-order valence-corrected chi connectivity index (χ3v) is 3.41. The molecule has 22 heavy (non-hydrogen) atoms. The van der Waals surface area contributed by atoms with E-state index in [1.54, 1.807) is 7.05 Å². The Morgan fingerprint density at radius 3 is 2.68 bits per heavy atom. The quantitative estimate of drug-likeness (QED) is 0.853. The molecule has 0 spiro atoms. The minimum absolute atomic E-state index is 0.106. The molecule has 0 saturated carbocycles. The molecule has 1 heterocycles. The van der Waals surface area contributed by atoms with Crippen LogP contribution in [0.5, 0.6) is 5.75 Å². The maximum atomic E-state index is 13.8. The molecule has 8 heteroatoms. The molecule has 1 aromatic carbocycles. The molecule has 0 aromatic heterocycles. The van der Waals surface area contributed by atoms with Gasteiger partial charge in [0.15, 0.2) is 0 Å². The van der Waals surface area contributed by atoms with Crippen molar-refractivity contribution in [1.29, 1.82) is 0 Å². The van der Waals surface area contributed by atoms with Crippen LogP contribution in [0, 0.1) is 5.82 Å². The third kappa shape index (κ3) is 3.69. The molecule has 1 aliphatic heterocycles. The summed E-state index contributed by atoms with van der Waals surface area (Å²) in [4.78, 5) is 26.7. The first-order valence-electron chi connectivity index (χ1n) is 6.66. The van der Waals surface area contributed by atoms with Crippen molar-refractivity contribution in [1.82, 2.24) is 9.80 Å². The fraction of sp³-hybridized carbons (Fsp3) is 0.429. The first-order chi connectivity index (χ1) is 10.4. The van der Waals surface area contributed by atoms with Gasteiger partial charge in [-0.3, -0.25) is 9.59 Å². The lowest BCUT2D eigenvalue weighted by Crippen LogP contribution is -2.35. The summed E-state index contributed by atoms with van der Waals surface area (Å²) >= 11 is 0. The van der Waals surface area contributed by atoms with Crippen LogP contribution in [0.2, 0.25) is 0 Å². The van der Waals surface area contributed by atoms with Gasteiger partial charge in [-0.25, -0.2) is 4.39 Å². The van der Waals surface area contributed by atoms with Crippen molar-refractivity contribution in [2.24, 2.45) is 0 Å². The molecule has 2 amide bonds. The van der Waals surface area contributed by atoms with E-state index < -0.39 is 18.3 Å². The van der Waals surface area contributed by atoms with Crippen molar-refractivity contribution in [2.45, 2.75) is 13.0 Å². The average Bonchev–Trinajstić information content (AvgIpc) is 2.63. The van der Waals surface area contributed by atoms with Gasteiger partial charge in [0.25, 0.3) is 5.91 Å². The average molecular weight is 316 g/mol. The van der Waals surface area contributed by atoms with Gasteiger partial charge >= 0.3 is 6.61 Å². The molecule has 1 saturated heterocycles. The number of halogens is 3. The Morgan fingerprint density at radius 2 is 2.00 bits per heavy atom. The van der Waals surface area contributed by atoms with E-state index in [9.17, 15) is 22.8 Å².